The van der Waals surface area contributed by atoms with E-state index < -0.39 is 0 Å². The van der Waals surface area contributed by atoms with Crippen molar-refractivity contribution in [3.8, 4) is 0 Å². The predicted molar refractivity (Wildman–Crippen MR) is 102 cm³/mol. The minimum Gasteiger partial charge on any atom is -0.357 e. The quantitative estimate of drug-likeness (QED) is 0.851. The highest BCUT2D eigenvalue weighted by molar-refractivity contribution is 5.95. The molecule has 0 saturated carbocycles. The number of hydrogen-bond acceptors (Lipinski definition) is 4. The molecule has 1 amide bonds. The number of aromatic nitrogens is 3. The average molecular weight is 353 g/mol. The zero-order valence-corrected chi connectivity index (χ0v) is 15.7. The molecule has 26 heavy (non-hydrogen) atoms. The molecule has 2 aromatic heterocycles. The second-order valence-electron chi connectivity index (χ2n) is 7.54. The predicted octanol–water partition coefficient (Wildman–Crippen LogP) is 2.74. The van der Waals surface area contributed by atoms with Gasteiger partial charge < -0.3 is 14.4 Å². The number of carbonyl (C=O) groups is 1. The first-order valence-corrected chi connectivity index (χ1v) is 9.62. The molecule has 0 N–H and O–H groups in total. The van der Waals surface area contributed by atoms with Gasteiger partial charge >= 0.3 is 0 Å². The third-order valence-electron chi connectivity index (χ3n) is 5.53. The number of hydrogen-bond donors (Lipinski definition) is 0. The van der Waals surface area contributed by atoms with Crippen LogP contribution in [0.4, 0.5) is 5.82 Å². The molecule has 2 saturated heterocycles. The number of carbonyl (C=O) groups excluding carboxylic acids is 1. The molecule has 0 spiro atoms. The van der Waals surface area contributed by atoms with E-state index in [0.29, 0.717) is 5.92 Å². The Bertz CT molecular complexity index is 793. The summed E-state index contributed by atoms with van der Waals surface area (Å²) in [5, 5.41) is 0. The van der Waals surface area contributed by atoms with Gasteiger partial charge in [0.25, 0.3) is 5.91 Å². The van der Waals surface area contributed by atoms with Gasteiger partial charge in [0, 0.05) is 57.1 Å². The van der Waals surface area contributed by atoms with Gasteiger partial charge in [-0.3, -0.25) is 4.79 Å². The van der Waals surface area contributed by atoms with Crippen LogP contribution in [0.1, 0.15) is 53.5 Å². The number of nitrogens with zero attached hydrogens (tertiary/aromatic N) is 5. The molecule has 4 heterocycles. The maximum absolute atomic E-state index is 13.1. The molecular formula is C20H27N5O. The first kappa shape index (κ1) is 17.1. The maximum atomic E-state index is 13.1. The summed E-state index contributed by atoms with van der Waals surface area (Å²) in [6.45, 7) is 5.65. The molecule has 0 aliphatic carbocycles. The Morgan fingerprint density at radius 1 is 1.19 bits per heavy atom. The number of imidazole rings is 1. The minimum absolute atomic E-state index is 0.114. The van der Waals surface area contributed by atoms with Crippen LogP contribution in [0.25, 0.3) is 0 Å². The van der Waals surface area contributed by atoms with E-state index in [1.807, 2.05) is 31.0 Å². The van der Waals surface area contributed by atoms with Crippen molar-refractivity contribution >= 4 is 11.7 Å². The van der Waals surface area contributed by atoms with Gasteiger partial charge in [-0.2, -0.15) is 0 Å². The third-order valence-corrected chi connectivity index (χ3v) is 5.53. The molecule has 0 aromatic carbocycles. The van der Waals surface area contributed by atoms with Crippen LogP contribution < -0.4 is 4.90 Å². The fraction of sp³-hybridized carbons (Fsp3) is 0.550. The standard InChI is InChI=1S/C20H27N5O/c1-15-13-23(2)19(22-15)17-6-5-11-25(14-17)20(26)16-7-8-21-18(12-16)24-9-3-4-10-24/h7-8,12-13,17H,3-6,9-11,14H2,1-2H3/t17-/m0/s1. The summed E-state index contributed by atoms with van der Waals surface area (Å²) < 4.78 is 2.10. The van der Waals surface area contributed by atoms with E-state index in [0.717, 1.165) is 61.9 Å². The summed E-state index contributed by atoms with van der Waals surface area (Å²) in [4.78, 5) is 26.5. The van der Waals surface area contributed by atoms with E-state index in [1.54, 1.807) is 6.20 Å². The van der Waals surface area contributed by atoms with Crippen LogP contribution in [0.15, 0.2) is 24.5 Å². The second kappa shape index (κ2) is 7.09. The summed E-state index contributed by atoms with van der Waals surface area (Å²) in [6.07, 6.45) is 8.34. The Kier molecular flexibility index (Phi) is 4.66. The normalized spacial score (nSPS) is 20.6. The summed E-state index contributed by atoms with van der Waals surface area (Å²) in [7, 11) is 2.04. The minimum atomic E-state index is 0.114. The molecule has 6 heteroatoms. The number of likely N-dealkylation sites (tertiary alicyclic amines) is 1. The third kappa shape index (κ3) is 3.32. The number of pyridine rings is 1. The van der Waals surface area contributed by atoms with Crippen molar-refractivity contribution in [3.05, 3.63) is 41.6 Å². The molecule has 2 fully saturated rings. The zero-order valence-electron chi connectivity index (χ0n) is 15.7. The molecular weight excluding hydrogens is 326 g/mol. The van der Waals surface area contributed by atoms with Gasteiger partial charge in [0.15, 0.2) is 0 Å². The Hall–Kier alpha value is -2.37. The van der Waals surface area contributed by atoms with Gasteiger partial charge in [0.1, 0.15) is 11.6 Å². The topological polar surface area (TPSA) is 54.3 Å². The highest BCUT2D eigenvalue weighted by Gasteiger charge is 2.28. The lowest BCUT2D eigenvalue weighted by Crippen LogP contribution is -2.39. The monoisotopic (exact) mass is 353 g/mol. The van der Waals surface area contributed by atoms with Crippen LogP contribution in [0.5, 0.6) is 0 Å². The summed E-state index contributed by atoms with van der Waals surface area (Å²) in [6, 6.07) is 3.80. The van der Waals surface area contributed by atoms with Gasteiger partial charge in [0.2, 0.25) is 0 Å². The van der Waals surface area contributed by atoms with Gasteiger partial charge in [-0.05, 0) is 44.7 Å². The van der Waals surface area contributed by atoms with Crippen molar-refractivity contribution in [2.24, 2.45) is 7.05 Å². The number of piperidine rings is 1. The van der Waals surface area contributed by atoms with Crippen LogP contribution >= 0.6 is 0 Å². The second-order valence-corrected chi connectivity index (χ2v) is 7.54. The maximum Gasteiger partial charge on any atom is 0.254 e. The average Bonchev–Trinajstić information content (AvgIpc) is 3.31. The van der Waals surface area contributed by atoms with Crippen molar-refractivity contribution in [2.75, 3.05) is 31.1 Å². The van der Waals surface area contributed by atoms with E-state index in [9.17, 15) is 4.79 Å². The van der Waals surface area contributed by atoms with Gasteiger partial charge in [0.05, 0.1) is 5.69 Å². The van der Waals surface area contributed by atoms with Crippen LogP contribution in [0.2, 0.25) is 0 Å². The van der Waals surface area contributed by atoms with E-state index >= 15 is 0 Å². The van der Waals surface area contributed by atoms with E-state index in [1.165, 1.54) is 12.8 Å². The molecule has 0 radical (unpaired) electrons. The molecule has 2 aliphatic rings. The van der Waals surface area contributed by atoms with Crippen molar-refractivity contribution in [1.82, 2.24) is 19.4 Å². The molecule has 0 bridgehead atoms. The van der Waals surface area contributed by atoms with E-state index in [-0.39, 0.29) is 5.91 Å². The number of amides is 1. The van der Waals surface area contributed by atoms with Crippen LogP contribution in [0.3, 0.4) is 0 Å². The van der Waals surface area contributed by atoms with Crippen LogP contribution in [-0.2, 0) is 7.05 Å². The number of anilines is 1. The Labute approximate surface area is 154 Å². The molecule has 0 unspecified atom stereocenters. The highest BCUT2D eigenvalue weighted by Crippen LogP contribution is 2.27. The smallest absolute Gasteiger partial charge is 0.254 e. The summed E-state index contributed by atoms with van der Waals surface area (Å²) in [5.74, 6) is 2.45. The Morgan fingerprint density at radius 2 is 2.00 bits per heavy atom. The van der Waals surface area contributed by atoms with Crippen molar-refractivity contribution < 1.29 is 4.79 Å². The lowest BCUT2D eigenvalue weighted by molar-refractivity contribution is 0.0703. The molecule has 138 valence electrons. The van der Waals surface area contributed by atoms with Crippen molar-refractivity contribution in [2.45, 2.75) is 38.5 Å². The molecule has 4 rings (SSSR count). The lowest BCUT2D eigenvalue weighted by atomic mass is 9.96. The lowest BCUT2D eigenvalue weighted by Gasteiger charge is -2.32. The molecule has 6 nitrogen and oxygen atoms in total. The number of rotatable bonds is 3. The van der Waals surface area contributed by atoms with E-state index in [4.69, 9.17) is 0 Å². The zero-order chi connectivity index (χ0) is 18.1. The highest BCUT2D eigenvalue weighted by atomic mass is 16.2. The Morgan fingerprint density at radius 3 is 2.73 bits per heavy atom. The van der Waals surface area contributed by atoms with Crippen LogP contribution in [0, 0.1) is 6.92 Å². The first-order valence-electron chi connectivity index (χ1n) is 9.62. The van der Waals surface area contributed by atoms with Gasteiger partial charge in [-0.25, -0.2) is 9.97 Å². The van der Waals surface area contributed by atoms with E-state index in [2.05, 4.69) is 25.6 Å². The fourth-order valence-corrected chi connectivity index (χ4v) is 4.24. The van der Waals surface area contributed by atoms with Crippen molar-refractivity contribution in [1.29, 1.82) is 0 Å². The number of aryl methyl sites for hydroxylation is 2. The van der Waals surface area contributed by atoms with Gasteiger partial charge in [-0.15, -0.1) is 0 Å². The van der Waals surface area contributed by atoms with Crippen LogP contribution in [-0.4, -0.2) is 51.5 Å². The van der Waals surface area contributed by atoms with Crippen molar-refractivity contribution in [3.63, 3.8) is 0 Å². The first-order chi connectivity index (χ1) is 12.6. The summed E-state index contributed by atoms with van der Waals surface area (Å²) in [5.41, 5.74) is 1.79. The van der Waals surface area contributed by atoms with Gasteiger partial charge in [-0.1, -0.05) is 0 Å². The molecule has 2 aliphatic heterocycles. The largest absolute Gasteiger partial charge is 0.357 e. The Balaban J connectivity index is 1.51. The SMILES string of the molecule is Cc1cn(C)c([C@H]2CCCN(C(=O)c3ccnc(N4CCCC4)c3)C2)n1. The molecule has 2 aromatic rings. The summed E-state index contributed by atoms with van der Waals surface area (Å²) >= 11 is 0. The fourth-order valence-electron chi connectivity index (χ4n) is 4.24. The molecule has 1 atom stereocenters.